The summed E-state index contributed by atoms with van der Waals surface area (Å²) in [6.07, 6.45) is 6.99. The molecular weight excluding hydrogens is 218 g/mol. The Morgan fingerprint density at radius 2 is 2.35 bits per heavy atom. The summed E-state index contributed by atoms with van der Waals surface area (Å²) in [6, 6.07) is 0.585. The van der Waals surface area contributed by atoms with Crippen molar-refractivity contribution in [2.75, 3.05) is 18.6 Å². The van der Waals surface area contributed by atoms with Crippen molar-refractivity contribution in [1.29, 1.82) is 0 Å². The number of fused-ring (bicyclic) bond motifs is 2. The van der Waals surface area contributed by atoms with E-state index in [0.717, 1.165) is 18.3 Å². The summed E-state index contributed by atoms with van der Waals surface area (Å²) in [5.41, 5.74) is 0.285. The van der Waals surface area contributed by atoms with E-state index in [-0.39, 0.29) is 5.69 Å². The van der Waals surface area contributed by atoms with E-state index in [0.29, 0.717) is 6.04 Å². The molecule has 90 valence electrons. The number of hydrogen-bond acceptors (Lipinski definition) is 5. The second-order valence-electron chi connectivity index (χ2n) is 4.74. The SMILES string of the molecule is COC(=O)c1cncc(N2CC3CCC2C3)n1. The van der Waals surface area contributed by atoms with Gasteiger partial charge in [0.1, 0.15) is 5.82 Å². The number of carbonyl (C=O) groups excluding carboxylic acids is 1. The van der Waals surface area contributed by atoms with Gasteiger partial charge in [-0.1, -0.05) is 0 Å². The third-order valence-electron chi connectivity index (χ3n) is 3.72. The molecule has 17 heavy (non-hydrogen) atoms. The molecule has 2 bridgehead atoms. The Kier molecular flexibility index (Phi) is 2.46. The van der Waals surface area contributed by atoms with E-state index in [4.69, 9.17) is 0 Å². The van der Waals surface area contributed by atoms with Crippen molar-refractivity contribution in [3.05, 3.63) is 18.1 Å². The van der Waals surface area contributed by atoms with Gasteiger partial charge in [0.2, 0.25) is 0 Å². The molecule has 5 heteroatoms. The summed E-state index contributed by atoms with van der Waals surface area (Å²) in [7, 11) is 1.36. The van der Waals surface area contributed by atoms with Crippen molar-refractivity contribution < 1.29 is 9.53 Å². The van der Waals surface area contributed by atoms with Gasteiger partial charge in [-0.25, -0.2) is 9.78 Å². The highest BCUT2D eigenvalue weighted by molar-refractivity contribution is 5.87. The number of nitrogens with zero attached hydrogens (tertiary/aromatic N) is 3. The summed E-state index contributed by atoms with van der Waals surface area (Å²) in [5.74, 6) is 1.17. The lowest BCUT2D eigenvalue weighted by atomic mass is 10.1. The van der Waals surface area contributed by atoms with Crippen molar-refractivity contribution in [2.24, 2.45) is 5.92 Å². The van der Waals surface area contributed by atoms with Crippen LogP contribution in [0.5, 0.6) is 0 Å². The lowest BCUT2D eigenvalue weighted by Gasteiger charge is -2.27. The number of carbonyl (C=O) groups is 1. The van der Waals surface area contributed by atoms with E-state index < -0.39 is 5.97 Å². The molecule has 0 N–H and O–H groups in total. The molecule has 0 aromatic carbocycles. The third kappa shape index (κ3) is 1.75. The third-order valence-corrected chi connectivity index (χ3v) is 3.72. The van der Waals surface area contributed by atoms with Crippen molar-refractivity contribution in [3.63, 3.8) is 0 Å². The normalized spacial score (nSPS) is 26.3. The minimum atomic E-state index is -0.427. The summed E-state index contributed by atoms with van der Waals surface area (Å²) in [4.78, 5) is 22.1. The molecule has 2 aliphatic rings. The lowest BCUT2D eigenvalue weighted by molar-refractivity contribution is 0.0593. The van der Waals surface area contributed by atoms with Gasteiger partial charge >= 0.3 is 5.97 Å². The summed E-state index contributed by atoms with van der Waals surface area (Å²) >= 11 is 0. The fraction of sp³-hybridized carbons (Fsp3) is 0.583. The Labute approximate surface area is 99.8 Å². The van der Waals surface area contributed by atoms with E-state index in [2.05, 4.69) is 19.6 Å². The highest BCUT2D eigenvalue weighted by Crippen LogP contribution is 2.39. The zero-order valence-electron chi connectivity index (χ0n) is 9.80. The molecule has 0 radical (unpaired) electrons. The first kappa shape index (κ1) is 10.5. The Morgan fingerprint density at radius 1 is 1.47 bits per heavy atom. The zero-order valence-corrected chi connectivity index (χ0v) is 9.80. The quantitative estimate of drug-likeness (QED) is 0.720. The monoisotopic (exact) mass is 233 g/mol. The van der Waals surface area contributed by atoms with Gasteiger partial charge in [0.15, 0.2) is 5.69 Å². The summed E-state index contributed by atoms with van der Waals surface area (Å²) in [6.45, 7) is 1.05. The number of anilines is 1. The summed E-state index contributed by atoms with van der Waals surface area (Å²) in [5, 5.41) is 0. The first-order chi connectivity index (χ1) is 8.28. The molecule has 2 fully saturated rings. The van der Waals surface area contributed by atoms with Crippen molar-refractivity contribution >= 4 is 11.8 Å². The molecule has 1 aromatic heterocycles. The fourth-order valence-corrected chi connectivity index (χ4v) is 2.90. The van der Waals surface area contributed by atoms with Gasteiger partial charge in [0.05, 0.1) is 19.5 Å². The molecule has 1 saturated heterocycles. The average Bonchev–Trinajstić information content (AvgIpc) is 3.00. The topological polar surface area (TPSA) is 55.3 Å². The standard InChI is InChI=1S/C12H15N3O2/c1-17-12(16)10-5-13-6-11(14-10)15-7-8-2-3-9(15)4-8/h5-6,8-9H,2-4,7H2,1H3. The van der Waals surface area contributed by atoms with Crippen LogP contribution in [0.25, 0.3) is 0 Å². The molecule has 3 rings (SSSR count). The first-order valence-electron chi connectivity index (χ1n) is 5.95. The van der Waals surface area contributed by atoms with Gasteiger partial charge in [0, 0.05) is 12.6 Å². The number of rotatable bonds is 2. The molecule has 0 spiro atoms. The lowest BCUT2D eigenvalue weighted by Crippen LogP contribution is -2.33. The van der Waals surface area contributed by atoms with Crippen LogP contribution >= 0.6 is 0 Å². The molecule has 2 heterocycles. The van der Waals surface area contributed by atoms with Gasteiger partial charge in [-0.3, -0.25) is 4.98 Å². The maximum atomic E-state index is 11.4. The largest absolute Gasteiger partial charge is 0.464 e. The molecule has 5 nitrogen and oxygen atoms in total. The van der Waals surface area contributed by atoms with Crippen molar-refractivity contribution in [2.45, 2.75) is 25.3 Å². The summed E-state index contributed by atoms with van der Waals surface area (Å²) < 4.78 is 4.66. The molecule has 2 atom stereocenters. The molecular formula is C12H15N3O2. The molecule has 1 saturated carbocycles. The van der Waals surface area contributed by atoms with Gasteiger partial charge in [0.25, 0.3) is 0 Å². The van der Waals surface area contributed by atoms with E-state index in [1.165, 1.54) is 32.6 Å². The number of piperidine rings is 1. The Hall–Kier alpha value is -1.65. The molecule has 1 aliphatic carbocycles. The Morgan fingerprint density at radius 3 is 3.00 bits per heavy atom. The van der Waals surface area contributed by atoms with Gasteiger partial charge in [-0.05, 0) is 25.2 Å². The second kappa shape index (κ2) is 3.98. The second-order valence-corrected chi connectivity index (χ2v) is 4.74. The van der Waals surface area contributed by atoms with E-state index in [1.54, 1.807) is 6.20 Å². The molecule has 0 amide bonds. The van der Waals surface area contributed by atoms with Crippen LogP contribution in [0.15, 0.2) is 12.4 Å². The zero-order chi connectivity index (χ0) is 11.8. The minimum absolute atomic E-state index is 0.285. The highest BCUT2D eigenvalue weighted by Gasteiger charge is 2.38. The number of aromatic nitrogens is 2. The van der Waals surface area contributed by atoms with Crippen LogP contribution in [-0.2, 0) is 4.74 Å². The Bertz CT molecular complexity index is 449. The van der Waals surface area contributed by atoms with Crippen LogP contribution in [0.2, 0.25) is 0 Å². The molecule has 2 unspecified atom stereocenters. The number of methoxy groups -OCH3 is 1. The average molecular weight is 233 g/mol. The van der Waals surface area contributed by atoms with E-state index >= 15 is 0 Å². The highest BCUT2D eigenvalue weighted by atomic mass is 16.5. The van der Waals surface area contributed by atoms with E-state index in [1.807, 2.05) is 0 Å². The predicted molar refractivity (Wildman–Crippen MR) is 61.8 cm³/mol. The fourth-order valence-electron chi connectivity index (χ4n) is 2.90. The van der Waals surface area contributed by atoms with E-state index in [9.17, 15) is 4.79 Å². The van der Waals surface area contributed by atoms with Gasteiger partial charge in [-0.15, -0.1) is 0 Å². The van der Waals surface area contributed by atoms with Crippen LogP contribution in [0.1, 0.15) is 29.8 Å². The number of ether oxygens (including phenoxy) is 1. The number of hydrogen-bond donors (Lipinski definition) is 0. The van der Waals surface area contributed by atoms with Crippen LogP contribution in [0, 0.1) is 5.92 Å². The molecule has 1 aromatic rings. The van der Waals surface area contributed by atoms with Gasteiger partial charge in [-0.2, -0.15) is 0 Å². The number of esters is 1. The van der Waals surface area contributed by atoms with Crippen LogP contribution < -0.4 is 4.90 Å². The maximum absolute atomic E-state index is 11.4. The van der Waals surface area contributed by atoms with Crippen molar-refractivity contribution in [1.82, 2.24) is 9.97 Å². The maximum Gasteiger partial charge on any atom is 0.358 e. The van der Waals surface area contributed by atoms with Gasteiger partial charge < -0.3 is 9.64 Å². The first-order valence-corrected chi connectivity index (χ1v) is 5.95. The molecule has 1 aliphatic heterocycles. The predicted octanol–water partition coefficient (Wildman–Crippen LogP) is 1.25. The van der Waals surface area contributed by atoms with Crippen LogP contribution in [0.4, 0.5) is 5.82 Å². The minimum Gasteiger partial charge on any atom is -0.464 e. The van der Waals surface area contributed by atoms with Crippen LogP contribution in [0.3, 0.4) is 0 Å². The smallest absolute Gasteiger partial charge is 0.358 e. The van der Waals surface area contributed by atoms with Crippen molar-refractivity contribution in [3.8, 4) is 0 Å². The van der Waals surface area contributed by atoms with Crippen LogP contribution in [-0.4, -0.2) is 35.6 Å². The Balaban J connectivity index is 1.86.